The van der Waals surface area contributed by atoms with Crippen molar-refractivity contribution >= 4 is 9.52 Å². The summed E-state index contributed by atoms with van der Waals surface area (Å²) in [6.45, 7) is 3.10. The van der Waals surface area contributed by atoms with Crippen molar-refractivity contribution in [1.82, 2.24) is 0 Å². The molecule has 2 nitrogen and oxygen atoms in total. The van der Waals surface area contributed by atoms with Crippen LogP contribution in [-0.4, -0.2) is 21.5 Å². The molecule has 0 spiro atoms. The Kier molecular flexibility index (Phi) is 2.27. The van der Waals surface area contributed by atoms with Crippen LogP contribution in [0.2, 0.25) is 6.55 Å². The lowest BCUT2D eigenvalue weighted by atomic mass is 10.2. The minimum absolute atomic E-state index is 0.141. The number of hydrogen-bond donors (Lipinski definition) is 1. The Balaban J connectivity index is 2.37. The molecule has 0 aliphatic carbocycles. The molecule has 0 aromatic carbocycles. The minimum Gasteiger partial charge on any atom is -0.365 e. The molecule has 1 heterocycles. The van der Waals surface area contributed by atoms with E-state index in [2.05, 4.69) is 6.55 Å². The zero-order chi connectivity index (χ0) is 6.74. The summed E-state index contributed by atoms with van der Waals surface area (Å²) >= 11 is 0. The van der Waals surface area contributed by atoms with Crippen LogP contribution in [0.15, 0.2) is 0 Å². The van der Waals surface area contributed by atoms with Gasteiger partial charge < -0.3 is 10.5 Å². The summed E-state index contributed by atoms with van der Waals surface area (Å²) in [6.07, 6.45) is 3.56. The largest absolute Gasteiger partial charge is 0.365 e. The first kappa shape index (κ1) is 7.25. The van der Waals surface area contributed by atoms with Gasteiger partial charge in [0, 0.05) is 6.61 Å². The maximum Gasteiger partial charge on any atom is 0.0954 e. The van der Waals surface area contributed by atoms with Crippen molar-refractivity contribution in [3.63, 3.8) is 0 Å². The van der Waals surface area contributed by atoms with Crippen molar-refractivity contribution in [1.29, 1.82) is 0 Å². The molecule has 0 radical (unpaired) electrons. The van der Waals surface area contributed by atoms with Gasteiger partial charge in [0.05, 0.1) is 14.9 Å². The molecule has 1 unspecified atom stereocenters. The fraction of sp³-hybridized carbons (Fsp3) is 1.00. The van der Waals surface area contributed by atoms with Gasteiger partial charge in [0.2, 0.25) is 0 Å². The lowest BCUT2D eigenvalue weighted by Gasteiger charge is -2.32. The first-order valence-corrected chi connectivity index (χ1v) is 5.82. The monoisotopic (exact) mass is 145 g/mol. The van der Waals surface area contributed by atoms with Gasteiger partial charge in [0.15, 0.2) is 0 Å². The van der Waals surface area contributed by atoms with Crippen LogP contribution in [0.4, 0.5) is 0 Å². The molecule has 1 atom stereocenters. The molecule has 54 valence electrons. The van der Waals surface area contributed by atoms with E-state index in [0.717, 1.165) is 13.0 Å². The highest BCUT2D eigenvalue weighted by Gasteiger charge is 2.25. The number of rotatable bonds is 1. The first-order chi connectivity index (χ1) is 4.27. The molecule has 3 heteroatoms. The van der Waals surface area contributed by atoms with E-state index in [1.165, 1.54) is 12.8 Å². The summed E-state index contributed by atoms with van der Waals surface area (Å²) in [6, 6.07) is 0. The van der Waals surface area contributed by atoms with Crippen LogP contribution in [0.3, 0.4) is 0 Å². The zero-order valence-electron chi connectivity index (χ0n) is 6.02. The van der Waals surface area contributed by atoms with Gasteiger partial charge >= 0.3 is 0 Å². The lowest BCUT2D eigenvalue weighted by molar-refractivity contribution is -0.0153. The van der Waals surface area contributed by atoms with E-state index >= 15 is 0 Å². The maximum atomic E-state index is 5.90. The van der Waals surface area contributed by atoms with Crippen molar-refractivity contribution in [2.45, 2.75) is 31.2 Å². The average Bonchev–Trinajstić information content (AvgIpc) is 1.90. The summed E-state index contributed by atoms with van der Waals surface area (Å²) in [5, 5.41) is -0.141. The number of ether oxygens (including phenoxy) is 1. The quantitative estimate of drug-likeness (QED) is 0.528. The third-order valence-electron chi connectivity index (χ3n) is 1.98. The second kappa shape index (κ2) is 2.81. The van der Waals surface area contributed by atoms with Crippen LogP contribution in [0, 0.1) is 0 Å². The molecule has 0 amide bonds. The normalized spacial score (nSPS) is 38.0. The SMILES string of the molecule is C[SiH2]C1(N)CCCCO1. The van der Waals surface area contributed by atoms with Gasteiger partial charge in [-0.25, -0.2) is 0 Å². The van der Waals surface area contributed by atoms with Crippen molar-refractivity contribution in [3.8, 4) is 0 Å². The van der Waals surface area contributed by atoms with Gasteiger partial charge in [0.25, 0.3) is 0 Å². The highest BCUT2D eigenvalue weighted by Crippen LogP contribution is 2.17. The van der Waals surface area contributed by atoms with Crippen LogP contribution in [0.5, 0.6) is 0 Å². The molecule has 1 fully saturated rings. The molecule has 1 aliphatic rings. The molecule has 0 aromatic heterocycles. The van der Waals surface area contributed by atoms with E-state index in [1.807, 2.05) is 0 Å². The molecule has 1 rings (SSSR count). The Hall–Kier alpha value is 0.137. The average molecular weight is 145 g/mol. The van der Waals surface area contributed by atoms with Gasteiger partial charge in [-0.3, -0.25) is 0 Å². The van der Waals surface area contributed by atoms with Crippen LogP contribution in [-0.2, 0) is 4.74 Å². The van der Waals surface area contributed by atoms with Crippen LogP contribution in [0.25, 0.3) is 0 Å². The summed E-state index contributed by atoms with van der Waals surface area (Å²) in [4.78, 5) is 0. The predicted molar refractivity (Wildman–Crippen MR) is 41.1 cm³/mol. The highest BCUT2D eigenvalue weighted by molar-refractivity contribution is 6.37. The standard InChI is InChI=1S/C6H15NOSi/c1-9-6(7)4-2-3-5-8-6/h2-5,7,9H2,1H3. The molecule has 0 saturated carbocycles. The second-order valence-electron chi connectivity index (χ2n) is 2.72. The third-order valence-corrected chi connectivity index (χ3v) is 3.74. The topological polar surface area (TPSA) is 35.2 Å². The zero-order valence-corrected chi connectivity index (χ0v) is 7.44. The first-order valence-electron chi connectivity index (χ1n) is 3.70. The molecule has 0 aromatic rings. The van der Waals surface area contributed by atoms with Gasteiger partial charge in [-0.05, 0) is 19.3 Å². The second-order valence-corrected chi connectivity index (χ2v) is 4.63. The Labute approximate surface area is 58.6 Å². The van der Waals surface area contributed by atoms with Crippen LogP contribution >= 0.6 is 0 Å². The Bertz CT molecular complexity index is 91.1. The van der Waals surface area contributed by atoms with Crippen LogP contribution < -0.4 is 5.73 Å². The Morgan fingerprint density at radius 1 is 1.56 bits per heavy atom. The van der Waals surface area contributed by atoms with Gasteiger partial charge in [-0.2, -0.15) is 0 Å². The highest BCUT2D eigenvalue weighted by atomic mass is 28.2. The van der Waals surface area contributed by atoms with E-state index in [-0.39, 0.29) is 14.9 Å². The molecule has 0 bridgehead atoms. The van der Waals surface area contributed by atoms with E-state index in [0.29, 0.717) is 0 Å². The van der Waals surface area contributed by atoms with Crippen molar-refractivity contribution in [2.75, 3.05) is 6.61 Å². The fourth-order valence-corrected chi connectivity index (χ4v) is 2.10. The van der Waals surface area contributed by atoms with E-state index in [9.17, 15) is 0 Å². The summed E-state index contributed by atoms with van der Waals surface area (Å²) < 4.78 is 5.45. The molecule has 2 N–H and O–H groups in total. The van der Waals surface area contributed by atoms with Gasteiger partial charge in [0.1, 0.15) is 0 Å². The Morgan fingerprint density at radius 3 is 2.67 bits per heavy atom. The number of hydrogen-bond acceptors (Lipinski definition) is 2. The third kappa shape index (κ3) is 1.78. The fourth-order valence-electron chi connectivity index (χ4n) is 1.15. The van der Waals surface area contributed by atoms with Crippen LogP contribution in [0.1, 0.15) is 19.3 Å². The van der Waals surface area contributed by atoms with E-state index < -0.39 is 0 Å². The summed E-state index contributed by atoms with van der Waals surface area (Å²) in [5.74, 6) is 0. The maximum absolute atomic E-state index is 5.90. The molecule has 1 saturated heterocycles. The molecule has 1 aliphatic heterocycles. The molecule has 9 heavy (non-hydrogen) atoms. The Morgan fingerprint density at radius 2 is 2.33 bits per heavy atom. The van der Waals surface area contributed by atoms with E-state index in [4.69, 9.17) is 10.5 Å². The van der Waals surface area contributed by atoms with Crippen molar-refractivity contribution in [2.24, 2.45) is 5.73 Å². The van der Waals surface area contributed by atoms with Crippen molar-refractivity contribution in [3.05, 3.63) is 0 Å². The summed E-state index contributed by atoms with van der Waals surface area (Å²) in [7, 11) is -0.173. The minimum atomic E-state index is -0.173. The van der Waals surface area contributed by atoms with E-state index in [1.54, 1.807) is 0 Å². The van der Waals surface area contributed by atoms with Gasteiger partial charge in [-0.15, -0.1) is 0 Å². The molecular weight excluding hydrogens is 130 g/mol. The lowest BCUT2D eigenvalue weighted by Crippen LogP contribution is -2.49. The summed E-state index contributed by atoms with van der Waals surface area (Å²) in [5.41, 5.74) is 5.90. The molecular formula is C6H15NOSi. The van der Waals surface area contributed by atoms with Crippen molar-refractivity contribution < 1.29 is 4.74 Å². The number of nitrogens with two attached hydrogens (primary N) is 1. The predicted octanol–water partition coefficient (Wildman–Crippen LogP) is 0.0163. The smallest absolute Gasteiger partial charge is 0.0954 e. The van der Waals surface area contributed by atoms with Gasteiger partial charge in [-0.1, -0.05) is 6.55 Å².